The Kier molecular flexibility index (Phi) is 28.1. The molecule has 0 fully saturated rings. The first kappa shape index (κ1) is 28.2. The van der Waals surface area contributed by atoms with Crippen LogP contribution in [0.4, 0.5) is 0 Å². The molecule has 0 aromatic heterocycles. The fourth-order valence-electron chi connectivity index (χ4n) is 3.35. The van der Waals surface area contributed by atoms with Gasteiger partial charge in [0, 0.05) is 51.9 Å². The summed E-state index contributed by atoms with van der Waals surface area (Å²) < 4.78 is 0. The second-order valence-corrected chi connectivity index (χ2v) is 7.51. The average molecular weight is 428 g/mol. The Morgan fingerprint density at radius 3 is 1.00 bits per heavy atom. The van der Waals surface area contributed by atoms with E-state index in [4.69, 9.17) is 5.11 Å². The van der Waals surface area contributed by atoms with Gasteiger partial charge in [-0.05, 0) is 6.42 Å². The van der Waals surface area contributed by atoms with Gasteiger partial charge in [0.2, 0.25) is 0 Å². The second-order valence-electron chi connectivity index (χ2n) is 7.51. The van der Waals surface area contributed by atoms with E-state index in [2.05, 4.69) is 6.92 Å². The van der Waals surface area contributed by atoms with Gasteiger partial charge in [-0.15, -0.1) is 0 Å². The van der Waals surface area contributed by atoms with Gasteiger partial charge in [0.25, 0.3) is 0 Å². The average Bonchev–Trinajstić information content (AvgIpc) is 2.56. The van der Waals surface area contributed by atoms with E-state index in [0.717, 1.165) is 12.8 Å². The molecule has 0 amide bonds. The molecule has 146 valence electrons. The number of hydrogen-bond acceptors (Lipinski definition) is 1. The van der Waals surface area contributed by atoms with Gasteiger partial charge < -0.3 is 5.11 Å². The van der Waals surface area contributed by atoms with Crippen LogP contribution < -0.4 is 0 Å². The van der Waals surface area contributed by atoms with Crippen molar-refractivity contribution < 1.29 is 9.90 Å². The van der Waals surface area contributed by atoms with Crippen LogP contribution in [0.2, 0.25) is 0 Å². The van der Waals surface area contributed by atoms with Gasteiger partial charge in [-0.25, -0.2) is 0 Å². The Labute approximate surface area is 195 Å². The quantitative estimate of drug-likeness (QED) is 0.161. The standard InChI is InChI=1S/C22H44O2.Sr/c1-2-3-4-5-6-7-8-9-10-11-12-13-14-15-16-17-18-19-20-21-22(23)24;/h2-21H2,1H3,(H,23,24);. The van der Waals surface area contributed by atoms with Crippen LogP contribution in [0, 0.1) is 0 Å². The first-order valence-corrected chi connectivity index (χ1v) is 11.0. The molecule has 0 bridgehead atoms. The summed E-state index contributed by atoms with van der Waals surface area (Å²) in [6.45, 7) is 2.28. The molecule has 0 saturated heterocycles. The summed E-state index contributed by atoms with van der Waals surface area (Å²) in [7, 11) is 0. The van der Waals surface area contributed by atoms with Gasteiger partial charge in [-0.2, -0.15) is 0 Å². The van der Waals surface area contributed by atoms with E-state index in [1.54, 1.807) is 0 Å². The van der Waals surface area contributed by atoms with Gasteiger partial charge in [0.05, 0.1) is 0 Å². The Balaban J connectivity index is 0. The van der Waals surface area contributed by atoms with E-state index >= 15 is 0 Å². The monoisotopic (exact) mass is 428 g/mol. The van der Waals surface area contributed by atoms with Gasteiger partial charge in [-0.1, -0.05) is 122 Å². The molecule has 3 heteroatoms. The first-order valence-electron chi connectivity index (χ1n) is 11.0. The molecule has 2 nitrogen and oxygen atoms in total. The van der Waals surface area contributed by atoms with Crippen LogP contribution in [0.15, 0.2) is 0 Å². The van der Waals surface area contributed by atoms with Crippen molar-refractivity contribution in [1.82, 2.24) is 0 Å². The minimum absolute atomic E-state index is 0. The van der Waals surface area contributed by atoms with E-state index in [1.807, 2.05) is 0 Å². The summed E-state index contributed by atoms with van der Waals surface area (Å²) >= 11 is 0. The third-order valence-corrected chi connectivity index (χ3v) is 4.99. The molecule has 0 aliphatic heterocycles. The summed E-state index contributed by atoms with van der Waals surface area (Å²) in [6.07, 6.45) is 26.1. The Hall–Kier alpha value is 0.951. The minimum Gasteiger partial charge on any atom is -0.481 e. The van der Waals surface area contributed by atoms with E-state index in [1.165, 1.54) is 109 Å². The number of carboxylic acid groups (broad SMARTS) is 1. The molecular weight excluding hydrogens is 384 g/mol. The molecule has 0 aromatic carbocycles. The predicted octanol–water partition coefficient (Wildman–Crippen LogP) is 7.51. The van der Waals surface area contributed by atoms with Crippen molar-refractivity contribution in [2.45, 2.75) is 135 Å². The molecule has 0 aliphatic carbocycles. The van der Waals surface area contributed by atoms with E-state index in [0.29, 0.717) is 6.42 Å². The van der Waals surface area contributed by atoms with Crippen molar-refractivity contribution in [1.29, 1.82) is 0 Å². The number of unbranched alkanes of at least 4 members (excludes halogenated alkanes) is 18. The zero-order valence-electron chi connectivity index (χ0n) is 17.2. The van der Waals surface area contributed by atoms with E-state index in [9.17, 15) is 4.79 Å². The van der Waals surface area contributed by atoms with Crippen LogP contribution in [0.1, 0.15) is 135 Å². The molecule has 0 spiro atoms. The molecule has 0 aliphatic rings. The van der Waals surface area contributed by atoms with Crippen molar-refractivity contribution in [3.05, 3.63) is 0 Å². The zero-order chi connectivity index (χ0) is 17.7. The number of carbonyl (C=O) groups is 1. The van der Waals surface area contributed by atoms with E-state index < -0.39 is 5.97 Å². The van der Waals surface area contributed by atoms with Crippen LogP contribution in [-0.2, 0) is 4.79 Å². The molecule has 0 saturated carbocycles. The normalized spacial score (nSPS) is 10.6. The second kappa shape index (κ2) is 25.0. The summed E-state index contributed by atoms with van der Waals surface area (Å²) in [6, 6.07) is 0. The third kappa shape index (κ3) is 27.3. The van der Waals surface area contributed by atoms with Crippen molar-refractivity contribution in [2.24, 2.45) is 0 Å². The maximum absolute atomic E-state index is 10.4. The van der Waals surface area contributed by atoms with Gasteiger partial charge in [-0.3, -0.25) is 4.79 Å². The predicted molar refractivity (Wildman–Crippen MR) is 111 cm³/mol. The van der Waals surface area contributed by atoms with Crippen LogP contribution in [-0.4, -0.2) is 56.6 Å². The largest absolute Gasteiger partial charge is 0.481 e. The van der Waals surface area contributed by atoms with Crippen molar-refractivity contribution in [3.63, 3.8) is 0 Å². The fraction of sp³-hybridized carbons (Fsp3) is 0.955. The molecular formula is C22H44O2Sr. The minimum atomic E-state index is -0.651. The molecule has 1 N–H and O–H groups in total. The Bertz CT molecular complexity index is 256. The fourth-order valence-corrected chi connectivity index (χ4v) is 3.35. The van der Waals surface area contributed by atoms with Crippen LogP contribution >= 0.6 is 0 Å². The van der Waals surface area contributed by atoms with Gasteiger partial charge in [0.1, 0.15) is 0 Å². The molecule has 0 heterocycles. The molecule has 0 rings (SSSR count). The van der Waals surface area contributed by atoms with Crippen LogP contribution in [0.3, 0.4) is 0 Å². The SMILES string of the molecule is CCCCCCCCCCCCCCCCCCCCCC(=O)O.[Sr]. The summed E-state index contributed by atoms with van der Waals surface area (Å²) in [5, 5.41) is 8.56. The zero-order valence-corrected chi connectivity index (χ0v) is 20.7. The molecule has 2 radical (unpaired) electrons. The van der Waals surface area contributed by atoms with E-state index in [-0.39, 0.29) is 45.5 Å². The number of hydrogen-bond donors (Lipinski definition) is 1. The van der Waals surface area contributed by atoms with Crippen molar-refractivity contribution in [3.8, 4) is 0 Å². The number of carboxylic acids is 1. The number of rotatable bonds is 20. The summed E-state index contributed by atoms with van der Waals surface area (Å²) in [5.41, 5.74) is 0. The van der Waals surface area contributed by atoms with Crippen LogP contribution in [0.25, 0.3) is 0 Å². The van der Waals surface area contributed by atoms with Crippen molar-refractivity contribution in [2.75, 3.05) is 0 Å². The van der Waals surface area contributed by atoms with Crippen LogP contribution in [0.5, 0.6) is 0 Å². The summed E-state index contributed by atoms with van der Waals surface area (Å²) in [5.74, 6) is -0.651. The first-order chi connectivity index (χ1) is 11.8. The Morgan fingerprint density at radius 1 is 0.520 bits per heavy atom. The molecule has 0 aromatic rings. The molecule has 0 atom stereocenters. The smallest absolute Gasteiger partial charge is 0.303 e. The van der Waals surface area contributed by atoms with Gasteiger partial charge in [0.15, 0.2) is 0 Å². The summed E-state index contributed by atoms with van der Waals surface area (Å²) in [4.78, 5) is 10.4. The Morgan fingerprint density at radius 2 is 0.760 bits per heavy atom. The van der Waals surface area contributed by atoms with Crippen molar-refractivity contribution >= 4 is 51.5 Å². The maximum atomic E-state index is 10.4. The maximum Gasteiger partial charge on any atom is 0.303 e. The van der Waals surface area contributed by atoms with Gasteiger partial charge >= 0.3 is 5.97 Å². The number of aliphatic carboxylic acids is 1. The molecule has 0 unspecified atom stereocenters. The molecule has 25 heavy (non-hydrogen) atoms. The third-order valence-electron chi connectivity index (χ3n) is 4.99. The topological polar surface area (TPSA) is 37.3 Å².